The molecule has 4 heteroatoms. The fourth-order valence-corrected chi connectivity index (χ4v) is 0.884. The van der Waals surface area contributed by atoms with Gasteiger partial charge in [-0.05, 0) is 6.07 Å². The van der Waals surface area contributed by atoms with Crippen LogP contribution in [0.25, 0.3) is 0 Å². The van der Waals surface area contributed by atoms with Gasteiger partial charge in [-0.25, -0.2) is 0 Å². The smallest absolute Gasteiger partial charge is 0.124 e. The molecule has 1 radical (unpaired) electrons. The van der Waals surface area contributed by atoms with E-state index in [9.17, 15) is 0 Å². The van der Waals surface area contributed by atoms with E-state index >= 15 is 0 Å². The minimum absolute atomic E-state index is 0.1000. The summed E-state index contributed by atoms with van der Waals surface area (Å²) in [7, 11) is 0. The average Bonchev–Trinajstić information content (AvgIpc) is 2.04. The molecule has 0 spiro atoms. The number of hydrogen-bond acceptors (Lipinski definition) is 2. The molecule has 0 aliphatic heterocycles. The van der Waals surface area contributed by atoms with Gasteiger partial charge in [0.25, 0.3) is 0 Å². The highest BCUT2D eigenvalue weighted by Crippen LogP contribution is 2.05. The van der Waals surface area contributed by atoms with Crippen LogP contribution in [0.15, 0.2) is 18.2 Å². The van der Waals surface area contributed by atoms with Crippen molar-refractivity contribution in [3.63, 3.8) is 0 Å². The van der Waals surface area contributed by atoms with Gasteiger partial charge in [0, 0.05) is 11.1 Å². The number of rotatable bonds is 2. The number of benzene rings is 1. The molecule has 0 aromatic heterocycles. The highest BCUT2D eigenvalue weighted by molar-refractivity contribution is 6.07. The van der Waals surface area contributed by atoms with Gasteiger partial charge in [-0.15, -0.1) is 0 Å². The molecule has 1 aromatic rings. The summed E-state index contributed by atoms with van der Waals surface area (Å²) < 4.78 is 0. The van der Waals surface area contributed by atoms with Gasteiger partial charge < -0.3 is 11.5 Å². The number of hydrogen-bond donors (Lipinski definition) is 4. The highest BCUT2D eigenvalue weighted by Gasteiger charge is 2.05. The predicted molar refractivity (Wildman–Crippen MR) is 47.3 cm³/mol. The molecule has 0 fully saturated rings. The summed E-state index contributed by atoms with van der Waals surface area (Å²) in [4.78, 5) is 0. The Hall–Kier alpha value is -1.84. The Bertz CT molecular complexity index is 297. The second kappa shape index (κ2) is 3.04. The molecule has 1 rings (SSSR count). The second-order valence-corrected chi connectivity index (χ2v) is 2.29. The third-order valence-electron chi connectivity index (χ3n) is 1.42. The zero-order valence-corrected chi connectivity index (χ0v) is 6.39. The lowest BCUT2D eigenvalue weighted by molar-refractivity contribution is 1.37. The van der Waals surface area contributed by atoms with E-state index in [0.29, 0.717) is 11.1 Å². The zero-order valence-electron chi connectivity index (χ0n) is 6.39. The van der Waals surface area contributed by atoms with Crippen molar-refractivity contribution in [3.05, 3.63) is 35.4 Å². The largest absolute Gasteiger partial charge is 0.384 e. The van der Waals surface area contributed by atoms with E-state index < -0.39 is 0 Å². The molecule has 0 heterocycles. The summed E-state index contributed by atoms with van der Waals surface area (Å²) in [6.07, 6.45) is 0. The van der Waals surface area contributed by atoms with Crippen molar-refractivity contribution >= 4 is 11.7 Å². The number of nitrogen functional groups attached to an aromatic ring is 2. The highest BCUT2D eigenvalue weighted by atomic mass is 14.7. The quantitative estimate of drug-likeness (QED) is 0.364. The summed E-state index contributed by atoms with van der Waals surface area (Å²) in [6.45, 7) is 0. The fourth-order valence-electron chi connectivity index (χ4n) is 0.884. The first kappa shape index (κ1) is 8.26. The van der Waals surface area contributed by atoms with E-state index in [1.54, 1.807) is 18.2 Å². The predicted octanol–water partition coefficient (Wildman–Crippen LogP) is 0.0549. The van der Waals surface area contributed by atoms with Crippen LogP contribution in [0.5, 0.6) is 0 Å². The Morgan fingerprint density at radius 2 is 1.92 bits per heavy atom. The first-order valence-corrected chi connectivity index (χ1v) is 3.32. The SMILES string of the molecule is N=C(N)c1[c]cccc1C(=N)N. The summed E-state index contributed by atoms with van der Waals surface area (Å²) in [5.41, 5.74) is 11.3. The molecule has 6 N–H and O–H groups in total. The molecule has 12 heavy (non-hydrogen) atoms. The Balaban J connectivity index is 3.27. The lowest BCUT2D eigenvalue weighted by atomic mass is 10.1. The summed E-state index contributed by atoms with van der Waals surface area (Å²) in [5.74, 6) is -0.224. The second-order valence-electron chi connectivity index (χ2n) is 2.29. The van der Waals surface area contributed by atoms with Gasteiger partial charge in [0.2, 0.25) is 0 Å². The zero-order chi connectivity index (χ0) is 9.14. The van der Waals surface area contributed by atoms with Gasteiger partial charge >= 0.3 is 0 Å². The third kappa shape index (κ3) is 1.42. The standard InChI is InChI=1S/C8H9N4/c9-7(10)5-3-1-2-4-6(5)8(11)12/h1-3H,(H3,9,10)(H3,11,12). The Morgan fingerprint density at radius 3 is 2.33 bits per heavy atom. The van der Waals surface area contributed by atoms with Gasteiger partial charge in [0.15, 0.2) is 0 Å². The monoisotopic (exact) mass is 161 g/mol. The third-order valence-corrected chi connectivity index (χ3v) is 1.42. The molecule has 0 bridgehead atoms. The molecule has 4 nitrogen and oxygen atoms in total. The molecular formula is C8H9N4. The summed E-state index contributed by atoms with van der Waals surface area (Å²) >= 11 is 0. The van der Waals surface area contributed by atoms with Gasteiger partial charge in [-0.1, -0.05) is 18.2 Å². The molecule has 0 saturated heterocycles. The maximum atomic E-state index is 7.18. The maximum Gasteiger partial charge on any atom is 0.124 e. The van der Waals surface area contributed by atoms with Crippen LogP contribution in [0.3, 0.4) is 0 Å². The molecule has 0 aliphatic rings. The van der Waals surface area contributed by atoms with Crippen LogP contribution in [-0.4, -0.2) is 11.7 Å². The van der Waals surface area contributed by atoms with Crippen LogP contribution in [0, 0.1) is 16.9 Å². The lowest BCUT2D eigenvalue weighted by Crippen LogP contribution is -2.20. The van der Waals surface area contributed by atoms with Gasteiger partial charge in [-0.2, -0.15) is 0 Å². The molecule has 0 unspecified atom stereocenters. The Morgan fingerprint density at radius 1 is 1.25 bits per heavy atom. The van der Waals surface area contributed by atoms with E-state index in [1.165, 1.54) is 0 Å². The minimum atomic E-state index is -0.124. The molecular weight excluding hydrogens is 152 g/mol. The van der Waals surface area contributed by atoms with E-state index in [1.807, 2.05) is 0 Å². The number of nitrogens with two attached hydrogens (primary N) is 2. The van der Waals surface area contributed by atoms with Crippen molar-refractivity contribution in [1.82, 2.24) is 0 Å². The number of amidine groups is 2. The van der Waals surface area contributed by atoms with Crippen molar-refractivity contribution in [2.75, 3.05) is 0 Å². The van der Waals surface area contributed by atoms with Crippen LogP contribution < -0.4 is 11.5 Å². The normalized spacial score (nSPS) is 9.33. The van der Waals surface area contributed by atoms with Crippen LogP contribution >= 0.6 is 0 Å². The topological polar surface area (TPSA) is 99.7 Å². The molecule has 0 atom stereocenters. The summed E-state index contributed by atoms with van der Waals surface area (Å²) in [5, 5.41) is 14.3. The van der Waals surface area contributed by atoms with Gasteiger partial charge in [0.1, 0.15) is 11.7 Å². The number of nitrogens with one attached hydrogen (secondary N) is 2. The first-order valence-electron chi connectivity index (χ1n) is 3.32. The Labute approximate surface area is 70.2 Å². The lowest BCUT2D eigenvalue weighted by Gasteiger charge is -2.04. The van der Waals surface area contributed by atoms with E-state index in [4.69, 9.17) is 22.3 Å². The van der Waals surface area contributed by atoms with Crippen LogP contribution in [-0.2, 0) is 0 Å². The summed E-state index contributed by atoms with van der Waals surface area (Å²) in [6, 6.07) is 7.71. The molecule has 0 aliphatic carbocycles. The van der Waals surface area contributed by atoms with Crippen LogP contribution in [0.1, 0.15) is 11.1 Å². The van der Waals surface area contributed by atoms with E-state index in [0.717, 1.165) is 0 Å². The van der Waals surface area contributed by atoms with Crippen LogP contribution in [0.2, 0.25) is 0 Å². The van der Waals surface area contributed by atoms with Gasteiger partial charge in [0.05, 0.1) is 0 Å². The van der Waals surface area contributed by atoms with Crippen molar-refractivity contribution in [1.29, 1.82) is 10.8 Å². The van der Waals surface area contributed by atoms with Crippen LogP contribution in [0.4, 0.5) is 0 Å². The van der Waals surface area contributed by atoms with Gasteiger partial charge in [-0.3, -0.25) is 10.8 Å². The van der Waals surface area contributed by atoms with Crippen molar-refractivity contribution < 1.29 is 0 Å². The fraction of sp³-hybridized carbons (Fsp3) is 0. The minimum Gasteiger partial charge on any atom is -0.384 e. The van der Waals surface area contributed by atoms with Crippen molar-refractivity contribution in [3.8, 4) is 0 Å². The molecule has 61 valence electrons. The Kier molecular flexibility index (Phi) is 2.09. The average molecular weight is 161 g/mol. The van der Waals surface area contributed by atoms with Crippen molar-refractivity contribution in [2.45, 2.75) is 0 Å². The molecule has 0 saturated carbocycles. The molecule has 0 amide bonds. The molecule has 1 aromatic carbocycles. The maximum absolute atomic E-state index is 7.18. The van der Waals surface area contributed by atoms with E-state index in [2.05, 4.69) is 6.07 Å². The first-order chi connectivity index (χ1) is 5.63. The van der Waals surface area contributed by atoms with Crippen molar-refractivity contribution in [2.24, 2.45) is 11.5 Å². The van der Waals surface area contributed by atoms with E-state index in [-0.39, 0.29) is 11.7 Å².